The highest BCUT2D eigenvalue weighted by atomic mass is 16.4. The summed E-state index contributed by atoms with van der Waals surface area (Å²) in [5, 5.41) is 8.62. The molecule has 0 saturated carbocycles. The SMILES string of the molecule is Cc1ccc2ncoc2c1.O=C(O)c1ccc2ocnc2c1. The Bertz CT molecular complexity index is 939. The standard InChI is InChI=1S/C8H5NO3.C8H7NO/c10-8(11)5-1-2-7-6(3-5)9-4-12-7;1-6-2-3-7-8(4-6)10-5-9-7/h1-4H,(H,10,11);2-5H,1H3. The van der Waals surface area contributed by atoms with Crippen molar-refractivity contribution in [1.82, 2.24) is 9.97 Å². The molecule has 0 atom stereocenters. The second-order valence-electron chi connectivity index (χ2n) is 4.66. The predicted molar refractivity (Wildman–Crippen MR) is 79.7 cm³/mol. The number of aryl methyl sites for hydroxylation is 1. The number of rotatable bonds is 1. The summed E-state index contributed by atoms with van der Waals surface area (Å²) in [6.07, 6.45) is 2.75. The van der Waals surface area contributed by atoms with E-state index >= 15 is 0 Å². The van der Waals surface area contributed by atoms with E-state index < -0.39 is 5.97 Å². The summed E-state index contributed by atoms with van der Waals surface area (Å²) >= 11 is 0. The molecule has 0 amide bonds. The molecule has 0 aliphatic rings. The zero-order chi connectivity index (χ0) is 15.5. The van der Waals surface area contributed by atoms with E-state index in [0.717, 1.165) is 11.1 Å². The van der Waals surface area contributed by atoms with Crippen molar-refractivity contribution in [3.63, 3.8) is 0 Å². The first kappa shape index (κ1) is 13.8. The van der Waals surface area contributed by atoms with Crippen LogP contribution in [0.4, 0.5) is 0 Å². The Labute approximate surface area is 125 Å². The number of hydrogen-bond acceptors (Lipinski definition) is 5. The minimum absolute atomic E-state index is 0.219. The van der Waals surface area contributed by atoms with Crippen molar-refractivity contribution >= 4 is 28.2 Å². The molecule has 22 heavy (non-hydrogen) atoms. The van der Waals surface area contributed by atoms with Gasteiger partial charge in [0.25, 0.3) is 0 Å². The fourth-order valence-corrected chi connectivity index (χ4v) is 1.95. The second-order valence-corrected chi connectivity index (χ2v) is 4.66. The van der Waals surface area contributed by atoms with Crippen LogP contribution in [0.1, 0.15) is 15.9 Å². The van der Waals surface area contributed by atoms with Gasteiger partial charge >= 0.3 is 5.97 Å². The second kappa shape index (κ2) is 5.69. The largest absolute Gasteiger partial charge is 0.478 e. The molecular weight excluding hydrogens is 284 g/mol. The quantitative estimate of drug-likeness (QED) is 0.576. The summed E-state index contributed by atoms with van der Waals surface area (Å²) in [7, 11) is 0. The number of hydrogen-bond donors (Lipinski definition) is 1. The topological polar surface area (TPSA) is 89.4 Å². The summed E-state index contributed by atoms with van der Waals surface area (Å²) in [4.78, 5) is 18.3. The lowest BCUT2D eigenvalue weighted by atomic mass is 10.2. The molecule has 6 heteroatoms. The number of carbonyl (C=O) groups is 1. The third-order valence-electron chi connectivity index (χ3n) is 3.06. The molecule has 2 aromatic heterocycles. The van der Waals surface area contributed by atoms with E-state index in [1.54, 1.807) is 6.07 Å². The highest BCUT2D eigenvalue weighted by Crippen LogP contribution is 2.14. The Morgan fingerprint density at radius 2 is 1.68 bits per heavy atom. The first-order valence-corrected chi connectivity index (χ1v) is 6.50. The molecule has 1 N–H and O–H groups in total. The number of benzene rings is 2. The molecule has 4 aromatic rings. The van der Waals surface area contributed by atoms with E-state index in [9.17, 15) is 4.79 Å². The number of fused-ring (bicyclic) bond motifs is 2. The average Bonchev–Trinajstić information content (AvgIpc) is 3.14. The van der Waals surface area contributed by atoms with Gasteiger partial charge < -0.3 is 13.9 Å². The number of nitrogens with zero attached hydrogens (tertiary/aromatic N) is 2. The smallest absolute Gasteiger partial charge is 0.335 e. The van der Waals surface area contributed by atoms with Crippen molar-refractivity contribution in [2.75, 3.05) is 0 Å². The molecule has 0 fully saturated rings. The highest BCUT2D eigenvalue weighted by molar-refractivity contribution is 5.91. The van der Waals surface area contributed by atoms with Gasteiger partial charge in [0.15, 0.2) is 24.0 Å². The monoisotopic (exact) mass is 296 g/mol. The number of carboxylic acid groups (broad SMARTS) is 1. The molecule has 0 aliphatic carbocycles. The highest BCUT2D eigenvalue weighted by Gasteiger charge is 2.04. The Hall–Kier alpha value is -3.15. The number of carboxylic acids is 1. The van der Waals surface area contributed by atoms with Gasteiger partial charge in [0.1, 0.15) is 11.0 Å². The fourth-order valence-electron chi connectivity index (χ4n) is 1.95. The lowest BCUT2D eigenvalue weighted by molar-refractivity contribution is 0.0697. The normalized spacial score (nSPS) is 10.4. The number of aromatic nitrogens is 2. The molecule has 6 nitrogen and oxygen atoms in total. The van der Waals surface area contributed by atoms with Crippen LogP contribution >= 0.6 is 0 Å². The third-order valence-corrected chi connectivity index (χ3v) is 3.06. The molecule has 0 saturated heterocycles. The molecular formula is C16H12N2O4. The maximum absolute atomic E-state index is 10.5. The van der Waals surface area contributed by atoms with Crippen LogP contribution in [0.2, 0.25) is 0 Å². The molecule has 2 aromatic carbocycles. The Morgan fingerprint density at radius 1 is 0.955 bits per heavy atom. The lowest BCUT2D eigenvalue weighted by Crippen LogP contribution is -1.94. The minimum atomic E-state index is -0.958. The van der Waals surface area contributed by atoms with Crippen LogP contribution < -0.4 is 0 Å². The molecule has 0 aliphatic heterocycles. The molecule has 2 heterocycles. The van der Waals surface area contributed by atoms with Crippen LogP contribution in [0.3, 0.4) is 0 Å². The summed E-state index contributed by atoms with van der Waals surface area (Å²) < 4.78 is 10.0. The number of oxazole rings is 2. The predicted octanol–water partition coefficient (Wildman–Crippen LogP) is 3.66. The maximum atomic E-state index is 10.5. The van der Waals surface area contributed by atoms with Crippen molar-refractivity contribution < 1.29 is 18.7 Å². The van der Waals surface area contributed by atoms with Gasteiger partial charge in [0.05, 0.1) is 5.56 Å². The zero-order valence-electron chi connectivity index (χ0n) is 11.7. The maximum Gasteiger partial charge on any atom is 0.335 e. The molecule has 0 radical (unpaired) electrons. The van der Waals surface area contributed by atoms with E-state index in [2.05, 4.69) is 9.97 Å². The van der Waals surface area contributed by atoms with Gasteiger partial charge in [-0.25, -0.2) is 14.8 Å². The van der Waals surface area contributed by atoms with Gasteiger partial charge in [-0.1, -0.05) is 6.07 Å². The Balaban J connectivity index is 0.000000133. The summed E-state index contributed by atoms with van der Waals surface area (Å²) in [6.45, 7) is 2.03. The Morgan fingerprint density at radius 3 is 2.45 bits per heavy atom. The van der Waals surface area contributed by atoms with E-state index in [1.165, 1.54) is 30.5 Å². The summed E-state index contributed by atoms with van der Waals surface area (Å²) in [5.74, 6) is -0.958. The van der Waals surface area contributed by atoms with Crippen molar-refractivity contribution in [2.45, 2.75) is 6.92 Å². The van der Waals surface area contributed by atoms with Crippen molar-refractivity contribution in [3.8, 4) is 0 Å². The minimum Gasteiger partial charge on any atom is -0.478 e. The summed E-state index contributed by atoms with van der Waals surface area (Å²) in [6, 6.07) is 10.5. The zero-order valence-corrected chi connectivity index (χ0v) is 11.7. The Kier molecular flexibility index (Phi) is 3.57. The van der Waals surface area contributed by atoms with Gasteiger partial charge in [-0.05, 0) is 42.8 Å². The first-order valence-electron chi connectivity index (χ1n) is 6.50. The van der Waals surface area contributed by atoms with Crippen molar-refractivity contribution in [3.05, 3.63) is 60.3 Å². The van der Waals surface area contributed by atoms with Crippen LogP contribution in [-0.2, 0) is 0 Å². The van der Waals surface area contributed by atoms with Crippen molar-refractivity contribution in [2.24, 2.45) is 0 Å². The van der Waals surface area contributed by atoms with Gasteiger partial charge in [0, 0.05) is 0 Å². The number of aromatic carboxylic acids is 1. The summed E-state index contributed by atoms with van der Waals surface area (Å²) in [5.41, 5.74) is 4.36. The van der Waals surface area contributed by atoms with Gasteiger partial charge in [-0.2, -0.15) is 0 Å². The van der Waals surface area contributed by atoms with E-state index in [1.807, 2.05) is 25.1 Å². The molecule has 0 bridgehead atoms. The van der Waals surface area contributed by atoms with Gasteiger partial charge in [-0.3, -0.25) is 0 Å². The van der Waals surface area contributed by atoms with Crippen LogP contribution in [-0.4, -0.2) is 21.0 Å². The van der Waals surface area contributed by atoms with Crippen LogP contribution in [0.25, 0.3) is 22.2 Å². The van der Waals surface area contributed by atoms with Crippen LogP contribution in [0.5, 0.6) is 0 Å². The van der Waals surface area contributed by atoms with Gasteiger partial charge in [-0.15, -0.1) is 0 Å². The average molecular weight is 296 g/mol. The van der Waals surface area contributed by atoms with Crippen LogP contribution in [0.15, 0.2) is 58.0 Å². The molecule has 110 valence electrons. The first-order chi connectivity index (χ1) is 10.6. The van der Waals surface area contributed by atoms with Crippen molar-refractivity contribution in [1.29, 1.82) is 0 Å². The molecule has 0 spiro atoms. The van der Waals surface area contributed by atoms with Gasteiger partial charge in [0.2, 0.25) is 0 Å². The molecule has 4 rings (SSSR count). The third kappa shape index (κ3) is 2.80. The fraction of sp³-hybridized carbons (Fsp3) is 0.0625. The van der Waals surface area contributed by atoms with E-state index in [4.69, 9.17) is 13.9 Å². The van der Waals surface area contributed by atoms with E-state index in [0.29, 0.717) is 11.1 Å². The van der Waals surface area contributed by atoms with E-state index in [-0.39, 0.29) is 5.56 Å². The molecule has 0 unspecified atom stereocenters. The van der Waals surface area contributed by atoms with Crippen LogP contribution in [0, 0.1) is 6.92 Å². The lowest BCUT2D eigenvalue weighted by Gasteiger charge is -1.91.